The molecule has 2 rings (SSSR count). The summed E-state index contributed by atoms with van der Waals surface area (Å²) in [6.45, 7) is 5.51. The summed E-state index contributed by atoms with van der Waals surface area (Å²) < 4.78 is 12.0. The summed E-state index contributed by atoms with van der Waals surface area (Å²) in [4.78, 5) is 35.0. The van der Waals surface area contributed by atoms with E-state index >= 15 is 0 Å². The topological polar surface area (TPSA) is 166 Å². The minimum atomic E-state index is -2.98. The maximum Gasteiger partial charge on any atom is 0.332 e. The van der Waals surface area contributed by atoms with E-state index in [2.05, 4.69) is 16.0 Å². The smallest absolute Gasteiger partial charge is 0.332 e. The summed E-state index contributed by atoms with van der Waals surface area (Å²) in [5.41, 5.74) is -1.04. The summed E-state index contributed by atoms with van der Waals surface area (Å²) in [7, 11) is 0. The molecule has 0 saturated heterocycles. The lowest BCUT2D eigenvalue weighted by molar-refractivity contribution is -0.176. The fraction of sp³-hybridized carbons (Fsp3) is 0.444. The maximum absolute atomic E-state index is 11.7. The molecule has 0 aromatic heterocycles. The molecule has 2 aromatic carbocycles. The van der Waals surface area contributed by atoms with E-state index in [1.54, 1.807) is 0 Å². The molecule has 3 unspecified atom stereocenters. The first-order chi connectivity index (χ1) is 18.2. The molecule has 0 saturated carbocycles. The van der Waals surface area contributed by atoms with Gasteiger partial charge in [0.2, 0.25) is 0 Å². The molecule has 0 aliphatic heterocycles. The number of carboxylic acids is 3. The van der Waals surface area contributed by atoms with Crippen molar-refractivity contribution in [3.05, 3.63) is 71.8 Å². The van der Waals surface area contributed by atoms with Crippen LogP contribution in [0, 0.1) is 5.41 Å². The van der Waals surface area contributed by atoms with Crippen LogP contribution in [0.1, 0.15) is 31.4 Å². The molecule has 6 N–H and O–H groups in total. The van der Waals surface area contributed by atoms with E-state index in [9.17, 15) is 29.7 Å². The number of benzene rings is 2. The Bertz CT molecular complexity index is 970. The highest BCUT2D eigenvalue weighted by atomic mass is 16.5. The van der Waals surface area contributed by atoms with Crippen molar-refractivity contribution < 1.29 is 39.2 Å². The second-order valence-corrected chi connectivity index (χ2v) is 8.88. The summed E-state index contributed by atoms with van der Waals surface area (Å²) in [6, 6.07) is 18.3. The predicted octanol–water partition coefficient (Wildman–Crippen LogP) is 1.88. The third-order valence-corrected chi connectivity index (χ3v) is 5.86. The largest absolute Gasteiger partial charge is 0.480 e. The number of aliphatic carboxylic acids is 3. The number of rotatable bonds is 19. The van der Waals surface area contributed by atoms with Crippen LogP contribution >= 0.6 is 0 Å². The highest BCUT2D eigenvalue weighted by Gasteiger charge is 2.55. The van der Waals surface area contributed by atoms with Crippen molar-refractivity contribution in [2.75, 3.05) is 19.6 Å². The summed E-state index contributed by atoms with van der Waals surface area (Å²) in [5.74, 6) is -5.81. The molecule has 11 nitrogen and oxygen atoms in total. The van der Waals surface area contributed by atoms with Gasteiger partial charge in [0.05, 0.1) is 13.2 Å². The Morgan fingerprint density at radius 1 is 0.789 bits per heavy atom. The van der Waals surface area contributed by atoms with Crippen LogP contribution in [0.15, 0.2) is 60.7 Å². The molecule has 11 heteroatoms. The number of hydrogen-bond donors (Lipinski definition) is 6. The van der Waals surface area contributed by atoms with Crippen LogP contribution in [0.25, 0.3) is 0 Å². The van der Waals surface area contributed by atoms with Crippen molar-refractivity contribution in [2.45, 2.75) is 52.0 Å². The predicted molar refractivity (Wildman–Crippen MR) is 139 cm³/mol. The number of carbonyl (C=O) groups is 3. The van der Waals surface area contributed by atoms with Crippen LogP contribution in [-0.2, 0) is 37.1 Å². The summed E-state index contributed by atoms with van der Waals surface area (Å²) >= 11 is 0. The summed E-state index contributed by atoms with van der Waals surface area (Å²) in [5, 5.41) is 37.8. The van der Waals surface area contributed by atoms with Crippen LogP contribution in [-0.4, -0.2) is 71.4 Å². The van der Waals surface area contributed by atoms with E-state index in [0.29, 0.717) is 19.7 Å². The van der Waals surface area contributed by atoms with Crippen LogP contribution in [0.3, 0.4) is 0 Å². The number of carboxylic acid groups (broad SMARTS) is 3. The first kappa shape index (κ1) is 30.9. The summed E-state index contributed by atoms with van der Waals surface area (Å²) in [6.07, 6.45) is -1.67. The normalized spacial score (nSPS) is 13.9. The van der Waals surface area contributed by atoms with Crippen LogP contribution < -0.4 is 16.0 Å². The molecule has 38 heavy (non-hydrogen) atoms. The Labute approximate surface area is 222 Å². The Hall–Kier alpha value is -3.35. The van der Waals surface area contributed by atoms with Gasteiger partial charge in [-0.1, -0.05) is 67.6 Å². The minimum Gasteiger partial charge on any atom is -0.480 e. The first-order valence-electron chi connectivity index (χ1n) is 12.4. The average molecular weight is 532 g/mol. The van der Waals surface area contributed by atoms with Gasteiger partial charge in [0.1, 0.15) is 12.5 Å². The zero-order valence-electron chi connectivity index (χ0n) is 21.6. The molecule has 0 aliphatic carbocycles. The van der Waals surface area contributed by atoms with Gasteiger partial charge in [-0.25, -0.2) is 0 Å². The van der Waals surface area contributed by atoms with Gasteiger partial charge in [0.25, 0.3) is 5.41 Å². The molecule has 0 amide bonds. The van der Waals surface area contributed by atoms with Gasteiger partial charge in [-0.05, 0) is 24.6 Å². The van der Waals surface area contributed by atoms with E-state index < -0.39 is 42.0 Å². The van der Waals surface area contributed by atoms with Gasteiger partial charge in [0, 0.05) is 25.6 Å². The Kier molecular flexibility index (Phi) is 12.8. The highest BCUT2D eigenvalue weighted by molar-refractivity contribution is 6.16. The molecule has 208 valence electrons. The van der Waals surface area contributed by atoms with E-state index in [4.69, 9.17) is 9.47 Å². The van der Waals surface area contributed by atoms with Crippen LogP contribution in [0.4, 0.5) is 0 Å². The van der Waals surface area contributed by atoms with Crippen molar-refractivity contribution in [1.29, 1.82) is 0 Å². The van der Waals surface area contributed by atoms with E-state index in [0.717, 1.165) is 11.1 Å². The molecule has 2 aromatic rings. The standard InChI is InChI=1S/C27H37N3O8/c1-3-29-22(37-17-20-10-6-4-7-11-20)15-28-16-23(38-18-21-12-8-5-9-13-21)30-19(2)14-27(24(31)32,25(33)34)26(35)36/h4-13,19,22-23,28-30H,3,14-18H2,1-2H3,(H,31,32)(H,33,34)(H,35,36). The van der Waals surface area contributed by atoms with Crippen molar-refractivity contribution in [3.8, 4) is 0 Å². The van der Waals surface area contributed by atoms with Gasteiger partial charge in [-0.3, -0.25) is 25.0 Å². The van der Waals surface area contributed by atoms with Crippen LogP contribution in [0.5, 0.6) is 0 Å². The van der Waals surface area contributed by atoms with Crippen molar-refractivity contribution in [1.82, 2.24) is 16.0 Å². The number of ether oxygens (including phenoxy) is 2. The van der Waals surface area contributed by atoms with Gasteiger partial charge in [-0.2, -0.15) is 0 Å². The van der Waals surface area contributed by atoms with Crippen molar-refractivity contribution in [2.24, 2.45) is 5.41 Å². The zero-order valence-corrected chi connectivity index (χ0v) is 21.6. The Balaban J connectivity index is 2.03. The molecular formula is C27H37N3O8. The average Bonchev–Trinajstić information content (AvgIpc) is 2.89. The third-order valence-electron chi connectivity index (χ3n) is 5.86. The van der Waals surface area contributed by atoms with E-state index in [1.807, 2.05) is 67.6 Å². The van der Waals surface area contributed by atoms with Crippen LogP contribution in [0.2, 0.25) is 0 Å². The lowest BCUT2D eigenvalue weighted by Gasteiger charge is -2.29. The lowest BCUT2D eigenvalue weighted by Crippen LogP contribution is -2.53. The molecule has 0 heterocycles. The van der Waals surface area contributed by atoms with Gasteiger partial charge in [-0.15, -0.1) is 0 Å². The lowest BCUT2D eigenvalue weighted by atomic mass is 9.82. The molecule has 0 spiro atoms. The Morgan fingerprint density at radius 2 is 1.24 bits per heavy atom. The number of likely N-dealkylation sites (N-methyl/N-ethyl adjacent to an activating group) is 1. The molecule has 0 bridgehead atoms. The van der Waals surface area contributed by atoms with Gasteiger partial charge >= 0.3 is 17.9 Å². The van der Waals surface area contributed by atoms with Crippen molar-refractivity contribution >= 4 is 17.9 Å². The SMILES string of the molecule is CCNC(CNCC(NC(C)CC(C(=O)O)(C(=O)O)C(=O)O)OCc1ccccc1)OCc1ccccc1. The highest BCUT2D eigenvalue weighted by Crippen LogP contribution is 2.26. The van der Waals surface area contributed by atoms with E-state index in [-0.39, 0.29) is 19.4 Å². The molecule has 3 atom stereocenters. The van der Waals surface area contributed by atoms with Crippen molar-refractivity contribution in [3.63, 3.8) is 0 Å². The molecule has 0 radical (unpaired) electrons. The molecule has 0 fully saturated rings. The number of nitrogens with one attached hydrogen (secondary N) is 3. The number of hydrogen-bond acceptors (Lipinski definition) is 8. The quantitative estimate of drug-likeness (QED) is 0.116. The molecular weight excluding hydrogens is 494 g/mol. The molecule has 0 aliphatic rings. The maximum atomic E-state index is 11.7. The fourth-order valence-corrected chi connectivity index (χ4v) is 3.84. The fourth-order valence-electron chi connectivity index (χ4n) is 3.84. The first-order valence-corrected chi connectivity index (χ1v) is 12.4. The zero-order chi connectivity index (χ0) is 28.0. The van der Waals surface area contributed by atoms with Gasteiger partial charge < -0.3 is 30.1 Å². The second kappa shape index (κ2) is 15.8. The monoisotopic (exact) mass is 531 g/mol. The Morgan fingerprint density at radius 3 is 1.68 bits per heavy atom. The minimum absolute atomic E-state index is 0.232. The van der Waals surface area contributed by atoms with E-state index in [1.165, 1.54) is 6.92 Å². The second-order valence-electron chi connectivity index (χ2n) is 8.88. The van der Waals surface area contributed by atoms with Gasteiger partial charge in [0.15, 0.2) is 0 Å². The third kappa shape index (κ3) is 9.51.